The third-order valence-electron chi connectivity index (χ3n) is 1.64. The van der Waals surface area contributed by atoms with E-state index >= 15 is 0 Å². The number of aromatic nitrogens is 4. The number of carbonyl (C=O) groups is 1. The van der Waals surface area contributed by atoms with Crippen LogP contribution in [0.2, 0.25) is 0 Å². The normalized spacial score (nSPS) is 10.1. The van der Waals surface area contributed by atoms with Gasteiger partial charge in [-0.05, 0) is 0 Å². The Hall–Kier alpha value is -1.96. The molecule has 2 heterocycles. The number of hydrogen-bond donors (Lipinski definition) is 3. The molecule has 0 aliphatic heterocycles. The molecule has 7 nitrogen and oxygen atoms in total. The number of nitrogen functional groups attached to an aromatic ring is 1. The molecule has 0 saturated heterocycles. The second kappa shape index (κ2) is 4.05. The summed E-state index contributed by atoms with van der Waals surface area (Å²) in [6.45, 7) is 0.398. The Morgan fingerprint density at radius 3 is 3.07 bits per heavy atom. The molecule has 0 aliphatic carbocycles. The van der Waals surface area contributed by atoms with Crippen LogP contribution in [0.25, 0.3) is 0 Å². The molecule has 0 spiro atoms. The van der Waals surface area contributed by atoms with Crippen LogP contribution in [0.1, 0.15) is 15.4 Å². The first kappa shape index (κ1) is 9.59. The molecule has 0 fully saturated rings. The van der Waals surface area contributed by atoms with Gasteiger partial charge in [0.25, 0.3) is 5.91 Å². The molecule has 1 amide bonds. The van der Waals surface area contributed by atoms with Crippen LogP contribution in [0, 0.1) is 0 Å². The van der Waals surface area contributed by atoms with Crippen molar-refractivity contribution in [3.8, 4) is 0 Å². The van der Waals surface area contributed by atoms with Gasteiger partial charge >= 0.3 is 0 Å². The molecule has 0 bridgehead atoms. The second-order valence-electron chi connectivity index (χ2n) is 2.73. The number of anilines is 1. The number of aromatic amines is 1. The summed E-state index contributed by atoms with van der Waals surface area (Å²) in [7, 11) is 0. The molecule has 0 saturated carbocycles. The summed E-state index contributed by atoms with van der Waals surface area (Å²) < 4.78 is 0. The fraction of sp³-hybridized carbons (Fsp3) is 0.143. The summed E-state index contributed by atoms with van der Waals surface area (Å²) in [5, 5.41) is 16.8. The Morgan fingerprint density at radius 2 is 2.47 bits per heavy atom. The van der Waals surface area contributed by atoms with Gasteiger partial charge in [0.05, 0.1) is 6.20 Å². The minimum atomic E-state index is -0.287. The zero-order valence-corrected chi connectivity index (χ0v) is 8.41. The van der Waals surface area contributed by atoms with E-state index < -0.39 is 0 Å². The zero-order chi connectivity index (χ0) is 10.7. The summed E-state index contributed by atoms with van der Waals surface area (Å²) >= 11 is 1.05. The van der Waals surface area contributed by atoms with E-state index in [4.69, 9.17) is 5.73 Å². The van der Waals surface area contributed by atoms with Crippen LogP contribution in [-0.4, -0.2) is 26.3 Å². The molecule has 0 aliphatic rings. The molecule has 0 radical (unpaired) electrons. The lowest BCUT2D eigenvalue weighted by Gasteiger charge is -1.98. The number of rotatable bonds is 3. The summed E-state index contributed by atoms with van der Waals surface area (Å²) in [4.78, 5) is 11.5. The maximum absolute atomic E-state index is 11.5. The topological polar surface area (TPSA) is 110 Å². The van der Waals surface area contributed by atoms with Gasteiger partial charge in [-0.3, -0.25) is 9.89 Å². The van der Waals surface area contributed by atoms with E-state index in [1.165, 1.54) is 0 Å². The van der Waals surface area contributed by atoms with E-state index in [-0.39, 0.29) is 16.0 Å². The van der Waals surface area contributed by atoms with E-state index in [2.05, 4.69) is 25.7 Å². The van der Waals surface area contributed by atoms with Crippen molar-refractivity contribution in [2.45, 2.75) is 6.54 Å². The average molecular weight is 224 g/mol. The van der Waals surface area contributed by atoms with E-state index in [1.54, 1.807) is 12.4 Å². The van der Waals surface area contributed by atoms with Crippen LogP contribution in [0.15, 0.2) is 12.4 Å². The van der Waals surface area contributed by atoms with Crippen molar-refractivity contribution in [2.24, 2.45) is 0 Å². The number of nitrogens with zero attached hydrogens (tertiary/aromatic N) is 3. The number of H-pyrrole nitrogens is 1. The fourth-order valence-corrected chi connectivity index (χ4v) is 1.48. The quantitative estimate of drug-likeness (QED) is 0.667. The average Bonchev–Trinajstić information content (AvgIpc) is 2.84. The highest BCUT2D eigenvalue weighted by Crippen LogP contribution is 2.10. The van der Waals surface area contributed by atoms with Crippen molar-refractivity contribution in [1.82, 2.24) is 25.7 Å². The van der Waals surface area contributed by atoms with Crippen molar-refractivity contribution < 1.29 is 4.79 Å². The standard InChI is InChI=1S/C7H8N6OS/c8-7-13-12-6(15-7)5(14)9-1-4-2-10-11-3-4/h2-3H,1H2,(H2,8,13)(H,9,14)(H,10,11). The lowest BCUT2D eigenvalue weighted by molar-refractivity contribution is 0.0950. The third-order valence-corrected chi connectivity index (χ3v) is 2.39. The molecular weight excluding hydrogens is 216 g/mol. The number of nitrogens with one attached hydrogen (secondary N) is 2. The van der Waals surface area contributed by atoms with E-state index in [9.17, 15) is 4.79 Å². The highest BCUT2D eigenvalue weighted by molar-refractivity contribution is 7.16. The van der Waals surface area contributed by atoms with Crippen LogP contribution in [0.3, 0.4) is 0 Å². The van der Waals surface area contributed by atoms with Crippen LogP contribution in [-0.2, 0) is 6.54 Å². The molecule has 2 aromatic heterocycles. The van der Waals surface area contributed by atoms with Gasteiger partial charge < -0.3 is 11.1 Å². The molecule has 0 atom stereocenters. The van der Waals surface area contributed by atoms with Gasteiger partial charge in [-0.1, -0.05) is 11.3 Å². The first-order chi connectivity index (χ1) is 7.25. The lowest BCUT2D eigenvalue weighted by atomic mass is 10.3. The SMILES string of the molecule is Nc1nnc(C(=O)NCc2cn[nH]c2)s1. The maximum Gasteiger partial charge on any atom is 0.282 e. The van der Waals surface area contributed by atoms with Crippen LogP contribution in [0.4, 0.5) is 5.13 Å². The van der Waals surface area contributed by atoms with Crippen molar-refractivity contribution in [3.63, 3.8) is 0 Å². The van der Waals surface area contributed by atoms with Crippen molar-refractivity contribution in [2.75, 3.05) is 5.73 Å². The van der Waals surface area contributed by atoms with Crippen LogP contribution >= 0.6 is 11.3 Å². The molecule has 0 unspecified atom stereocenters. The zero-order valence-electron chi connectivity index (χ0n) is 7.60. The number of amides is 1. The number of hydrogen-bond acceptors (Lipinski definition) is 6. The van der Waals surface area contributed by atoms with E-state index in [0.29, 0.717) is 6.54 Å². The Balaban J connectivity index is 1.93. The van der Waals surface area contributed by atoms with Crippen LogP contribution in [0.5, 0.6) is 0 Å². The second-order valence-corrected chi connectivity index (χ2v) is 3.74. The minimum absolute atomic E-state index is 0.260. The monoisotopic (exact) mass is 224 g/mol. The fourth-order valence-electron chi connectivity index (χ4n) is 0.959. The first-order valence-corrected chi connectivity index (χ1v) is 4.92. The summed E-state index contributed by atoms with van der Waals surface area (Å²) in [6.07, 6.45) is 3.34. The molecule has 78 valence electrons. The van der Waals surface area contributed by atoms with E-state index in [0.717, 1.165) is 16.9 Å². The summed E-state index contributed by atoms with van der Waals surface area (Å²) in [5.74, 6) is -0.287. The number of nitrogens with two attached hydrogens (primary N) is 1. The molecular formula is C7H8N6OS. The van der Waals surface area contributed by atoms with E-state index in [1.807, 2.05) is 0 Å². The van der Waals surface area contributed by atoms with Crippen molar-refractivity contribution in [1.29, 1.82) is 0 Å². The van der Waals surface area contributed by atoms with Gasteiger partial charge in [0.15, 0.2) is 0 Å². The van der Waals surface area contributed by atoms with Gasteiger partial charge in [0.2, 0.25) is 10.1 Å². The highest BCUT2D eigenvalue weighted by Gasteiger charge is 2.10. The highest BCUT2D eigenvalue weighted by atomic mass is 32.1. The Morgan fingerprint density at radius 1 is 1.60 bits per heavy atom. The van der Waals surface area contributed by atoms with Gasteiger partial charge in [-0.15, -0.1) is 10.2 Å². The number of carbonyl (C=O) groups excluding carboxylic acids is 1. The largest absolute Gasteiger partial charge is 0.374 e. The molecule has 0 aromatic carbocycles. The first-order valence-electron chi connectivity index (χ1n) is 4.10. The Bertz CT molecular complexity index is 450. The summed E-state index contributed by atoms with van der Waals surface area (Å²) in [6, 6.07) is 0. The minimum Gasteiger partial charge on any atom is -0.374 e. The maximum atomic E-state index is 11.5. The Labute approximate surface area is 88.7 Å². The predicted octanol–water partition coefficient (Wildman–Crippen LogP) is -0.227. The lowest BCUT2D eigenvalue weighted by Crippen LogP contribution is -2.22. The van der Waals surface area contributed by atoms with Gasteiger partial charge in [0, 0.05) is 18.3 Å². The van der Waals surface area contributed by atoms with Crippen molar-refractivity contribution >= 4 is 22.4 Å². The molecule has 15 heavy (non-hydrogen) atoms. The van der Waals surface area contributed by atoms with Crippen LogP contribution < -0.4 is 11.1 Å². The van der Waals surface area contributed by atoms with Gasteiger partial charge in [-0.25, -0.2) is 0 Å². The summed E-state index contributed by atoms with van der Waals surface area (Å²) in [5.41, 5.74) is 6.25. The molecule has 4 N–H and O–H groups in total. The predicted molar refractivity (Wildman–Crippen MR) is 54.1 cm³/mol. The van der Waals surface area contributed by atoms with Gasteiger partial charge in [0.1, 0.15) is 0 Å². The van der Waals surface area contributed by atoms with Gasteiger partial charge in [-0.2, -0.15) is 5.10 Å². The Kier molecular flexibility index (Phi) is 2.59. The smallest absolute Gasteiger partial charge is 0.282 e. The molecule has 8 heteroatoms. The molecule has 2 aromatic rings. The third kappa shape index (κ3) is 2.29. The van der Waals surface area contributed by atoms with Crippen molar-refractivity contribution in [3.05, 3.63) is 23.0 Å². The molecule has 2 rings (SSSR count).